The molecule has 0 aromatic carbocycles. The molecule has 20 heavy (non-hydrogen) atoms. The zero-order valence-corrected chi connectivity index (χ0v) is 12.9. The van der Waals surface area contributed by atoms with Crippen molar-refractivity contribution < 1.29 is 8.42 Å². The van der Waals surface area contributed by atoms with Crippen LogP contribution in [0.2, 0.25) is 0 Å². The summed E-state index contributed by atoms with van der Waals surface area (Å²) in [6.07, 6.45) is 5.63. The van der Waals surface area contributed by atoms with E-state index in [0.29, 0.717) is 11.7 Å². The van der Waals surface area contributed by atoms with Gasteiger partial charge in [-0.1, -0.05) is 19.8 Å². The Balaban J connectivity index is 2.03. The summed E-state index contributed by atoms with van der Waals surface area (Å²) in [5.74, 6) is 1.40. The summed E-state index contributed by atoms with van der Waals surface area (Å²) in [5.41, 5.74) is 0. The Hall–Kier alpha value is -1.14. The number of aromatic nitrogens is 1. The van der Waals surface area contributed by atoms with Gasteiger partial charge in [-0.15, -0.1) is 0 Å². The quantitative estimate of drug-likeness (QED) is 0.773. The monoisotopic (exact) mass is 297 g/mol. The molecule has 1 saturated carbocycles. The smallest absolute Gasteiger partial charge is 0.242 e. The molecule has 1 aliphatic rings. The van der Waals surface area contributed by atoms with Crippen LogP contribution in [0.3, 0.4) is 0 Å². The minimum atomic E-state index is -3.46. The third-order valence-corrected chi connectivity index (χ3v) is 5.04. The van der Waals surface area contributed by atoms with Crippen molar-refractivity contribution in [3.8, 4) is 0 Å². The van der Waals surface area contributed by atoms with Crippen molar-refractivity contribution in [3.05, 3.63) is 18.3 Å². The number of nitrogens with zero attached hydrogens (tertiary/aromatic N) is 1. The molecular formula is C14H23N3O2S. The zero-order chi connectivity index (χ0) is 14.6. The summed E-state index contributed by atoms with van der Waals surface area (Å²) in [7, 11) is -3.46. The zero-order valence-electron chi connectivity index (χ0n) is 12.1. The van der Waals surface area contributed by atoms with Crippen molar-refractivity contribution in [1.82, 2.24) is 9.71 Å². The van der Waals surface area contributed by atoms with Gasteiger partial charge in [-0.3, -0.25) is 0 Å². The van der Waals surface area contributed by atoms with Crippen LogP contribution in [0.25, 0.3) is 0 Å². The van der Waals surface area contributed by atoms with E-state index in [1.807, 2.05) is 13.8 Å². The van der Waals surface area contributed by atoms with E-state index in [1.54, 1.807) is 12.1 Å². The van der Waals surface area contributed by atoms with Crippen molar-refractivity contribution in [3.63, 3.8) is 0 Å². The summed E-state index contributed by atoms with van der Waals surface area (Å²) in [6.45, 7) is 4.75. The van der Waals surface area contributed by atoms with Crippen molar-refractivity contribution in [2.75, 3.05) is 11.9 Å². The summed E-state index contributed by atoms with van der Waals surface area (Å²) in [6, 6.07) is 3.32. The minimum absolute atomic E-state index is 0.0287. The first kappa shape index (κ1) is 15.3. The number of anilines is 1. The van der Waals surface area contributed by atoms with Crippen LogP contribution in [0, 0.1) is 5.92 Å². The van der Waals surface area contributed by atoms with Crippen LogP contribution in [-0.4, -0.2) is 26.0 Å². The van der Waals surface area contributed by atoms with Crippen molar-refractivity contribution >= 4 is 15.8 Å². The van der Waals surface area contributed by atoms with Gasteiger partial charge in [0.2, 0.25) is 10.0 Å². The molecular weight excluding hydrogens is 274 g/mol. The predicted molar refractivity (Wildman–Crippen MR) is 80.1 cm³/mol. The molecule has 5 nitrogen and oxygen atoms in total. The van der Waals surface area contributed by atoms with Gasteiger partial charge in [0.25, 0.3) is 0 Å². The van der Waals surface area contributed by atoms with Gasteiger partial charge < -0.3 is 5.32 Å². The van der Waals surface area contributed by atoms with Crippen molar-refractivity contribution in [1.29, 1.82) is 0 Å². The molecule has 2 N–H and O–H groups in total. The van der Waals surface area contributed by atoms with Crippen LogP contribution in [0.15, 0.2) is 23.2 Å². The van der Waals surface area contributed by atoms with Gasteiger partial charge in [-0.2, -0.15) is 0 Å². The average molecular weight is 297 g/mol. The van der Waals surface area contributed by atoms with Gasteiger partial charge in [0, 0.05) is 18.8 Å². The van der Waals surface area contributed by atoms with Crippen LogP contribution in [-0.2, 0) is 10.0 Å². The second-order valence-electron chi connectivity index (χ2n) is 5.32. The van der Waals surface area contributed by atoms with Gasteiger partial charge in [-0.05, 0) is 37.8 Å². The van der Waals surface area contributed by atoms with E-state index in [-0.39, 0.29) is 10.9 Å². The Kier molecular flexibility index (Phi) is 4.99. The summed E-state index contributed by atoms with van der Waals surface area (Å²) in [4.78, 5) is 4.34. The first-order valence-corrected chi connectivity index (χ1v) is 8.75. The number of nitrogens with one attached hydrogen (secondary N) is 2. The van der Waals surface area contributed by atoms with E-state index >= 15 is 0 Å². The van der Waals surface area contributed by atoms with Crippen LogP contribution in [0.4, 0.5) is 5.82 Å². The Morgan fingerprint density at radius 1 is 1.35 bits per heavy atom. The second-order valence-corrected chi connectivity index (χ2v) is 7.03. The molecule has 1 aromatic heterocycles. The predicted octanol–water partition coefficient (Wildman–Crippen LogP) is 2.37. The molecule has 0 radical (unpaired) electrons. The maximum Gasteiger partial charge on any atom is 0.242 e. The Bertz CT molecular complexity index is 524. The summed E-state index contributed by atoms with van der Waals surface area (Å²) < 4.78 is 27.4. The fraction of sp³-hybridized carbons (Fsp3) is 0.643. The van der Waals surface area contributed by atoms with Crippen molar-refractivity contribution in [2.45, 2.75) is 50.5 Å². The normalized spacial score (nSPS) is 16.9. The molecule has 6 heteroatoms. The maximum atomic E-state index is 12.3. The SMILES string of the molecule is CCNc1ccc(S(=O)(=O)NC(CC)CC2CC2)cn1. The molecule has 0 saturated heterocycles. The van der Waals surface area contributed by atoms with E-state index in [1.165, 1.54) is 19.0 Å². The lowest BCUT2D eigenvalue weighted by molar-refractivity contribution is 0.495. The molecule has 0 spiro atoms. The van der Waals surface area contributed by atoms with E-state index in [0.717, 1.165) is 19.4 Å². The highest BCUT2D eigenvalue weighted by Crippen LogP contribution is 2.34. The third-order valence-electron chi connectivity index (χ3n) is 3.53. The van der Waals surface area contributed by atoms with Gasteiger partial charge in [0.15, 0.2) is 0 Å². The highest BCUT2D eigenvalue weighted by Gasteiger charge is 2.27. The molecule has 0 aliphatic heterocycles. The van der Waals surface area contributed by atoms with Gasteiger partial charge in [0.05, 0.1) is 0 Å². The van der Waals surface area contributed by atoms with Gasteiger partial charge in [0.1, 0.15) is 10.7 Å². The lowest BCUT2D eigenvalue weighted by atomic mass is 10.1. The van der Waals surface area contributed by atoms with E-state index < -0.39 is 10.0 Å². The number of hydrogen-bond donors (Lipinski definition) is 2. The molecule has 0 amide bonds. The molecule has 1 fully saturated rings. The van der Waals surface area contributed by atoms with E-state index in [2.05, 4.69) is 15.0 Å². The standard InChI is InChI=1S/C14H23N3O2S/c1-3-12(9-11-5-6-11)17-20(18,19)13-7-8-14(15-4-2)16-10-13/h7-8,10-12,17H,3-6,9H2,1-2H3,(H,15,16). The fourth-order valence-electron chi connectivity index (χ4n) is 2.17. The molecule has 1 aliphatic carbocycles. The molecule has 1 unspecified atom stereocenters. The minimum Gasteiger partial charge on any atom is -0.370 e. The molecule has 2 rings (SSSR count). The van der Waals surface area contributed by atoms with Crippen LogP contribution < -0.4 is 10.0 Å². The Morgan fingerprint density at radius 3 is 2.60 bits per heavy atom. The average Bonchev–Trinajstić information content (AvgIpc) is 3.23. The van der Waals surface area contributed by atoms with Gasteiger partial charge in [-0.25, -0.2) is 18.1 Å². The first-order valence-electron chi connectivity index (χ1n) is 7.27. The van der Waals surface area contributed by atoms with Crippen LogP contribution in [0.5, 0.6) is 0 Å². The second kappa shape index (κ2) is 6.54. The molecule has 1 aromatic rings. The maximum absolute atomic E-state index is 12.3. The number of pyridine rings is 1. The lowest BCUT2D eigenvalue weighted by Gasteiger charge is -2.16. The lowest BCUT2D eigenvalue weighted by Crippen LogP contribution is -2.34. The number of sulfonamides is 1. The molecule has 1 heterocycles. The molecule has 1 atom stereocenters. The largest absolute Gasteiger partial charge is 0.370 e. The van der Waals surface area contributed by atoms with Crippen LogP contribution in [0.1, 0.15) is 39.5 Å². The summed E-state index contributed by atoms with van der Waals surface area (Å²) >= 11 is 0. The van der Waals surface area contributed by atoms with E-state index in [9.17, 15) is 8.42 Å². The third kappa shape index (κ3) is 4.18. The Labute approximate surface area is 121 Å². The fourth-order valence-corrected chi connectivity index (χ4v) is 3.44. The molecule has 112 valence electrons. The van der Waals surface area contributed by atoms with Gasteiger partial charge >= 0.3 is 0 Å². The number of rotatable bonds is 8. The highest BCUT2D eigenvalue weighted by molar-refractivity contribution is 7.89. The highest BCUT2D eigenvalue weighted by atomic mass is 32.2. The first-order chi connectivity index (χ1) is 9.55. The molecule has 0 bridgehead atoms. The number of hydrogen-bond acceptors (Lipinski definition) is 4. The Morgan fingerprint density at radius 2 is 2.10 bits per heavy atom. The van der Waals surface area contributed by atoms with E-state index in [4.69, 9.17) is 0 Å². The van der Waals surface area contributed by atoms with Crippen molar-refractivity contribution in [2.24, 2.45) is 5.92 Å². The topological polar surface area (TPSA) is 71.1 Å². The summed E-state index contributed by atoms with van der Waals surface area (Å²) in [5, 5.41) is 3.05. The van der Waals surface area contributed by atoms with Crippen LogP contribution >= 0.6 is 0 Å².